The average molecular weight is 340 g/mol. The van der Waals surface area contributed by atoms with Crippen LogP contribution in [0.2, 0.25) is 0 Å². The highest BCUT2D eigenvalue weighted by Gasteiger charge is 2.37. The number of carbonyl (C=O) groups is 1. The van der Waals surface area contributed by atoms with E-state index in [-0.39, 0.29) is 17.4 Å². The van der Waals surface area contributed by atoms with Crippen molar-refractivity contribution in [3.63, 3.8) is 0 Å². The maximum Gasteiger partial charge on any atom is 0.453 e. The summed E-state index contributed by atoms with van der Waals surface area (Å²) in [5.74, 6) is -2.03. The van der Waals surface area contributed by atoms with Crippen LogP contribution in [-0.2, 0) is 6.18 Å². The SMILES string of the molecule is Cc1cc(NC(=O)c2oc(C)nc2C)n2nc(C(F)(F)F)nc2n1. The van der Waals surface area contributed by atoms with Crippen LogP contribution in [0.4, 0.5) is 19.0 Å². The maximum atomic E-state index is 12.8. The van der Waals surface area contributed by atoms with E-state index < -0.39 is 17.9 Å². The van der Waals surface area contributed by atoms with E-state index in [4.69, 9.17) is 4.42 Å². The molecule has 3 aromatic heterocycles. The van der Waals surface area contributed by atoms with Crippen LogP contribution in [0.5, 0.6) is 0 Å². The molecule has 0 bridgehead atoms. The Morgan fingerprint density at radius 1 is 1.21 bits per heavy atom. The highest BCUT2D eigenvalue weighted by Crippen LogP contribution is 2.27. The lowest BCUT2D eigenvalue weighted by atomic mass is 10.3. The first-order valence-electron chi connectivity index (χ1n) is 6.72. The summed E-state index contributed by atoms with van der Waals surface area (Å²) in [7, 11) is 0. The number of hydrogen-bond donors (Lipinski definition) is 1. The fourth-order valence-electron chi connectivity index (χ4n) is 2.11. The number of halogens is 3. The molecule has 3 aromatic rings. The second-order valence-corrected chi connectivity index (χ2v) is 5.03. The van der Waals surface area contributed by atoms with Crippen LogP contribution in [-0.4, -0.2) is 30.5 Å². The van der Waals surface area contributed by atoms with Gasteiger partial charge in [-0.15, -0.1) is 5.10 Å². The molecule has 8 nitrogen and oxygen atoms in total. The number of nitrogens with one attached hydrogen (secondary N) is 1. The van der Waals surface area contributed by atoms with Crippen LogP contribution >= 0.6 is 0 Å². The molecule has 0 fully saturated rings. The van der Waals surface area contributed by atoms with Gasteiger partial charge in [-0.25, -0.2) is 9.97 Å². The van der Waals surface area contributed by atoms with Crippen molar-refractivity contribution in [2.24, 2.45) is 0 Å². The molecular weight excluding hydrogens is 329 g/mol. The molecule has 0 saturated carbocycles. The minimum absolute atomic E-state index is 0.0149. The minimum Gasteiger partial charge on any atom is -0.436 e. The van der Waals surface area contributed by atoms with Crippen molar-refractivity contribution in [1.29, 1.82) is 0 Å². The number of fused-ring (bicyclic) bond motifs is 1. The highest BCUT2D eigenvalue weighted by atomic mass is 19.4. The van der Waals surface area contributed by atoms with Crippen LogP contribution in [0, 0.1) is 20.8 Å². The van der Waals surface area contributed by atoms with Crippen LogP contribution in [0.3, 0.4) is 0 Å². The van der Waals surface area contributed by atoms with Gasteiger partial charge in [0.05, 0.1) is 5.69 Å². The third kappa shape index (κ3) is 2.79. The second kappa shape index (κ2) is 5.28. The number of aromatic nitrogens is 5. The quantitative estimate of drug-likeness (QED) is 0.769. The van der Waals surface area contributed by atoms with Gasteiger partial charge in [0.1, 0.15) is 5.82 Å². The van der Waals surface area contributed by atoms with Crippen LogP contribution < -0.4 is 5.32 Å². The number of nitrogens with zero attached hydrogens (tertiary/aromatic N) is 5. The Balaban J connectivity index is 2.04. The number of oxazole rings is 1. The molecule has 0 spiro atoms. The predicted molar refractivity (Wildman–Crippen MR) is 74.5 cm³/mol. The number of carbonyl (C=O) groups excluding carboxylic acids is 1. The summed E-state index contributed by atoms with van der Waals surface area (Å²) in [6.45, 7) is 4.71. The van der Waals surface area contributed by atoms with E-state index in [1.165, 1.54) is 6.07 Å². The molecule has 0 saturated heterocycles. The lowest BCUT2D eigenvalue weighted by Gasteiger charge is -2.06. The molecule has 0 aromatic carbocycles. The van der Waals surface area contributed by atoms with E-state index >= 15 is 0 Å². The van der Waals surface area contributed by atoms with E-state index in [0.29, 0.717) is 17.3 Å². The number of hydrogen-bond acceptors (Lipinski definition) is 6. The van der Waals surface area contributed by atoms with Gasteiger partial charge in [-0.05, 0) is 13.8 Å². The van der Waals surface area contributed by atoms with Gasteiger partial charge in [0, 0.05) is 18.7 Å². The fourth-order valence-corrected chi connectivity index (χ4v) is 2.11. The normalized spacial score (nSPS) is 11.9. The van der Waals surface area contributed by atoms with Crippen molar-refractivity contribution < 1.29 is 22.4 Å². The summed E-state index contributed by atoms with van der Waals surface area (Å²) in [6.07, 6.45) is -4.72. The molecule has 24 heavy (non-hydrogen) atoms. The summed E-state index contributed by atoms with van der Waals surface area (Å²) in [5, 5.41) is 5.80. The molecule has 0 unspecified atom stereocenters. The van der Waals surface area contributed by atoms with Crippen LogP contribution in [0.1, 0.15) is 33.7 Å². The van der Waals surface area contributed by atoms with Gasteiger partial charge in [0.25, 0.3) is 17.5 Å². The first kappa shape index (κ1) is 15.9. The van der Waals surface area contributed by atoms with E-state index in [2.05, 4.69) is 25.4 Å². The maximum absolute atomic E-state index is 12.8. The minimum atomic E-state index is -4.72. The largest absolute Gasteiger partial charge is 0.453 e. The predicted octanol–water partition coefficient (Wildman–Crippen LogP) is 2.31. The zero-order chi connectivity index (χ0) is 17.6. The van der Waals surface area contributed by atoms with Gasteiger partial charge in [-0.1, -0.05) is 0 Å². The zero-order valence-corrected chi connectivity index (χ0v) is 12.8. The molecule has 1 N–H and O–H groups in total. The molecule has 0 radical (unpaired) electrons. The first-order valence-corrected chi connectivity index (χ1v) is 6.72. The number of anilines is 1. The second-order valence-electron chi connectivity index (χ2n) is 5.03. The van der Waals surface area contributed by atoms with E-state index in [1.807, 2.05) is 0 Å². The molecule has 11 heteroatoms. The Morgan fingerprint density at radius 2 is 1.92 bits per heavy atom. The smallest absolute Gasteiger partial charge is 0.436 e. The Bertz CT molecular complexity index is 943. The number of amides is 1. The van der Waals surface area contributed by atoms with Gasteiger partial charge in [0.15, 0.2) is 5.89 Å². The molecule has 3 heterocycles. The molecule has 0 atom stereocenters. The standard InChI is InChI=1S/C13H11F3N6O2/c1-5-4-8(19-10(23)9-6(2)18-7(3)24-9)22-12(17-5)20-11(21-22)13(14,15)16/h4H,1-3H3,(H,19,23). The molecule has 126 valence electrons. The summed E-state index contributed by atoms with van der Waals surface area (Å²) in [4.78, 5) is 23.4. The van der Waals surface area contributed by atoms with Gasteiger partial charge < -0.3 is 9.73 Å². The summed E-state index contributed by atoms with van der Waals surface area (Å²) in [5.41, 5.74) is 0.728. The van der Waals surface area contributed by atoms with E-state index in [0.717, 1.165) is 4.52 Å². The first-order chi connectivity index (χ1) is 11.1. The zero-order valence-electron chi connectivity index (χ0n) is 12.8. The third-order valence-corrected chi connectivity index (χ3v) is 3.05. The third-order valence-electron chi connectivity index (χ3n) is 3.05. The number of rotatable bonds is 2. The van der Waals surface area contributed by atoms with Gasteiger partial charge in [0.2, 0.25) is 5.76 Å². The van der Waals surface area contributed by atoms with Gasteiger partial charge in [-0.3, -0.25) is 4.79 Å². The van der Waals surface area contributed by atoms with E-state index in [1.54, 1.807) is 20.8 Å². The summed E-state index contributed by atoms with van der Waals surface area (Å²) in [6, 6.07) is 1.37. The number of alkyl halides is 3. The Kier molecular flexibility index (Phi) is 3.50. The Morgan fingerprint density at radius 3 is 2.50 bits per heavy atom. The fraction of sp³-hybridized carbons (Fsp3) is 0.308. The number of aryl methyl sites for hydroxylation is 3. The van der Waals surface area contributed by atoms with Crippen LogP contribution in [0.25, 0.3) is 5.78 Å². The highest BCUT2D eigenvalue weighted by molar-refractivity contribution is 6.02. The van der Waals surface area contributed by atoms with Gasteiger partial charge >= 0.3 is 6.18 Å². The lowest BCUT2D eigenvalue weighted by molar-refractivity contribution is -0.144. The van der Waals surface area contributed by atoms with Crippen molar-refractivity contribution in [1.82, 2.24) is 24.6 Å². The van der Waals surface area contributed by atoms with Crippen molar-refractivity contribution in [3.8, 4) is 0 Å². The van der Waals surface area contributed by atoms with Crippen molar-refractivity contribution in [2.75, 3.05) is 5.32 Å². The van der Waals surface area contributed by atoms with Crippen molar-refractivity contribution in [2.45, 2.75) is 26.9 Å². The average Bonchev–Trinajstić information content (AvgIpc) is 3.01. The molecule has 0 aliphatic heterocycles. The topological polar surface area (TPSA) is 98.2 Å². The van der Waals surface area contributed by atoms with Crippen LogP contribution in [0.15, 0.2) is 10.5 Å². The van der Waals surface area contributed by atoms with Crippen molar-refractivity contribution in [3.05, 3.63) is 34.9 Å². The van der Waals surface area contributed by atoms with Crippen molar-refractivity contribution >= 4 is 17.5 Å². The Labute approximate surface area is 132 Å². The summed E-state index contributed by atoms with van der Waals surface area (Å²) >= 11 is 0. The Hall–Kier alpha value is -2.98. The lowest BCUT2D eigenvalue weighted by Crippen LogP contribution is -2.16. The molecule has 3 rings (SSSR count). The van der Waals surface area contributed by atoms with Gasteiger partial charge in [-0.2, -0.15) is 22.7 Å². The molecular formula is C13H11F3N6O2. The molecule has 0 aliphatic rings. The molecule has 1 amide bonds. The summed E-state index contributed by atoms with van der Waals surface area (Å²) < 4.78 is 44.3. The molecule has 0 aliphatic carbocycles. The van der Waals surface area contributed by atoms with E-state index in [9.17, 15) is 18.0 Å². The monoisotopic (exact) mass is 340 g/mol.